The average Bonchev–Trinajstić information content (AvgIpc) is 2.88. The predicted molar refractivity (Wildman–Crippen MR) is 88.5 cm³/mol. The van der Waals surface area contributed by atoms with Crippen LogP contribution in [0.5, 0.6) is 0 Å². The van der Waals surface area contributed by atoms with Gasteiger partial charge in [-0.15, -0.1) is 22.9 Å². The van der Waals surface area contributed by atoms with Crippen LogP contribution in [0.4, 0.5) is 5.13 Å². The van der Waals surface area contributed by atoms with Crippen molar-refractivity contribution in [3.05, 3.63) is 11.1 Å². The molecule has 1 aromatic heterocycles. The number of hydrogen-bond acceptors (Lipinski definition) is 5. The first kappa shape index (κ1) is 18.9. The van der Waals surface area contributed by atoms with E-state index in [1.165, 1.54) is 11.3 Å². The van der Waals surface area contributed by atoms with Crippen LogP contribution in [-0.2, 0) is 14.3 Å². The maximum atomic E-state index is 12.1. The second-order valence-corrected chi connectivity index (χ2v) is 6.03. The Morgan fingerprint density at radius 1 is 1.45 bits per heavy atom. The van der Waals surface area contributed by atoms with E-state index in [4.69, 9.17) is 16.3 Å². The number of thiazole rings is 1. The smallest absolute Gasteiger partial charge is 0.245 e. The molecule has 1 rings (SSSR count). The van der Waals surface area contributed by atoms with E-state index in [0.717, 1.165) is 5.69 Å². The Labute approximate surface area is 139 Å². The molecular formula is C14H22ClN3O3S. The molecule has 22 heavy (non-hydrogen) atoms. The van der Waals surface area contributed by atoms with Crippen LogP contribution in [0, 0.1) is 6.92 Å². The second kappa shape index (κ2) is 10.5. The topological polar surface area (TPSA) is 71.5 Å². The molecule has 0 aliphatic carbocycles. The van der Waals surface area contributed by atoms with E-state index in [9.17, 15) is 9.59 Å². The molecule has 0 saturated heterocycles. The van der Waals surface area contributed by atoms with Crippen LogP contribution in [0.1, 0.15) is 25.0 Å². The van der Waals surface area contributed by atoms with Gasteiger partial charge in [0.2, 0.25) is 11.8 Å². The number of carbonyl (C=O) groups excluding carboxylic acids is 2. The molecule has 0 aliphatic rings. The van der Waals surface area contributed by atoms with Crippen LogP contribution < -0.4 is 5.32 Å². The van der Waals surface area contributed by atoms with Crippen molar-refractivity contribution in [2.24, 2.45) is 0 Å². The molecule has 1 aromatic rings. The zero-order valence-electron chi connectivity index (χ0n) is 12.9. The molecule has 0 radical (unpaired) electrons. The van der Waals surface area contributed by atoms with Gasteiger partial charge >= 0.3 is 0 Å². The summed E-state index contributed by atoms with van der Waals surface area (Å²) in [4.78, 5) is 29.9. The van der Waals surface area contributed by atoms with Gasteiger partial charge < -0.3 is 15.0 Å². The minimum absolute atomic E-state index is 0.0173. The maximum absolute atomic E-state index is 12.1. The Hall–Kier alpha value is -1.18. The van der Waals surface area contributed by atoms with E-state index in [1.54, 1.807) is 12.0 Å². The molecule has 0 unspecified atom stereocenters. The summed E-state index contributed by atoms with van der Waals surface area (Å²) in [5, 5.41) is 5.12. The number of rotatable bonds is 10. The van der Waals surface area contributed by atoms with Gasteiger partial charge in [-0.1, -0.05) is 0 Å². The lowest BCUT2D eigenvalue weighted by Crippen LogP contribution is -2.39. The summed E-state index contributed by atoms with van der Waals surface area (Å²) >= 11 is 6.98. The predicted octanol–water partition coefficient (Wildman–Crippen LogP) is 2.27. The highest BCUT2D eigenvalue weighted by molar-refractivity contribution is 7.13. The van der Waals surface area contributed by atoms with Gasteiger partial charge in [0.15, 0.2) is 5.13 Å². The molecule has 0 bridgehead atoms. The van der Waals surface area contributed by atoms with Crippen molar-refractivity contribution < 1.29 is 14.3 Å². The molecule has 2 amide bonds. The fourth-order valence-electron chi connectivity index (χ4n) is 1.81. The zero-order chi connectivity index (χ0) is 16.4. The van der Waals surface area contributed by atoms with E-state index >= 15 is 0 Å². The average molecular weight is 348 g/mol. The van der Waals surface area contributed by atoms with Crippen molar-refractivity contribution in [3.8, 4) is 0 Å². The van der Waals surface area contributed by atoms with Crippen LogP contribution in [-0.4, -0.2) is 54.4 Å². The summed E-state index contributed by atoms with van der Waals surface area (Å²) < 4.78 is 4.99. The number of aryl methyl sites for hydroxylation is 1. The monoisotopic (exact) mass is 347 g/mol. The third-order valence-corrected chi connectivity index (χ3v) is 4.00. The summed E-state index contributed by atoms with van der Waals surface area (Å²) in [7, 11) is 1.61. The highest BCUT2D eigenvalue weighted by atomic mass is 35.5. The third-order valence-electron chi connectivity index (χ3n) is 2.85. The van der Waals surface area contributed by atoms with Crippen molar-refractivity contribution in [2.75, 3.05) is 38.0 Å². The van der Waals surface area contributed by atoms with Crippen molar-refractivity contribution in [1.29, 1.82) is 0 Å². The van der Waals surface area contributed by atoms with Crippen LogP contribution >= 0.6 is 22.9 Å². The van der Waals surface area contributed by atoms with Gasteiger partial charge in [0.05, 0.1) is 12.2 Å². The first-order valence-electron chi connectivity index (χ1n) is 7.11. The molecule has 1 N–H and O–H groups in total. The third kappa shape index (κ3) is 7.20. The molecule has 0 atom stereocenters. The number of methoxy groups -OCH3 is 1. The van der Waals surface area contributed by atoms with Gasteiger partial charge in [-0.25, -0.2) is 4.98 Å². The Bertz CT molecular complexity index is 482. The minimum Gasteiger partial charge on any atom is -0.385 e. The Morgan fingerprint density at radius 2 is 2.23 bits per heavy atom. The number of nitrogens with zero attached hydrogens (tertiary/aromatic N) is 2. The first-order chi connectivity index (χ1) is 10.6. The first-order valence-corrected chi connectivity index (χ1v) is 8.53. The summed E-state index contributed by atoms with van der Waals surface area (Å²) in [6.07, 6.45) is 1.64. The van der Waals surface area contributed by atoms with Gasteiger partial charge in [-0.05, 0) is 19.8 Å². The largest absolute Gasteiger partial charge is 0.385 e. The molecular weight excluding hydrogens is 326 g/mol. The standard InChI is InChI=1S/C14H22ClN3O3S/c1-11-10-22-14(16-11)17-12(19)9-18(7-4-8-21-2)13(20)5-3-6-15/h10H,3-9H2,1-2H3,(H,16,17,19). The van der Waals surface area contributed by atoms with Crippen LogP contribution in [0.15, 0.2) is 5.38 Å². The van der Waals surface area contributed by atoms with Gasteiger partial charge in [-0.2, -0.15) is 0 Å². The maximum Gasteiger partial charge on any atom is 0.245 e. The summed E-state index contributed by atoms with van der Waals surface area (Å²) in [5.74, 6) is 0.121. The fraction of sp³-hybridized carbons (Fsp3) is 0.643. The van der Waals surface area contributed by atoms with Crippen molar-refractivity contribution in [1.82, 2.24) is 9.88 Å². The number of hydrogen-bond donors (Lipinski definition) is 1. The Kier molecular flexibility index (Phi) is 9.03. The van der Waals surface area contributed by atoms with Crippen molar-refractivity contribution in [2.45, 2.75) is 26.2 Å². The molecule has 0 saturated carbocycles. The quantitative estimate of drug-likeness (QED) is 0.520. The molecule has 0 fully saturated rings. The number of ether oxygens (including phenoxy) is 1. The number of nitrogens with one attached hydrogen (secondary N) is 1. The number of carbonyl (C=O) groups is 2. The summed E-state index contributed by atoms with van der Waals surface area (Å²) in [6.45, 7) is 2.91. The van der Waals surface area contributed by atoms with Crippen molar-refractivity contribution >= 4 is 39.9 Å². The highest BCUT2D eigenvalue weighted by Crippen LogP contribution is 2.14. The van der Waals surface area contributed by atoms with Crippen molar-refractivity contribution in [3.63, 3.8) is 0 Å². The molecule has 0 aromatic carbocycles. The van der Waals surface area contributed by atoms with Crippen LogP contribution in [0.2, 0.25) is 0 Å². The molecule has 6 nitrogen and oxygen atoms in total. The second-order valence-electron chi connectivity index (χ2n) is 4.80. The van der Waals surface area contributed by atoms with E-state index in [-0.39, 0.29) is 18.4 Å². The molecule has 1 heterocycles. The number of aromatic nitrogens is 1. The molecule has 124 valence electrons. The molecule has 8 heteroatoms. The normalized spacial score (nSPS) is 10.5. The molecule has 0 spiro atoms. The van der Waals surface area contributed by atoms with Gasteiger partial charge in [0, 0.05) is 37.9 Å². The zero-order valence-corrected chi connectivity index (χ0v) is 14.5. The van der Waals surface area contributed by atoms with Crippen LogP contribution in [0.25, 0.3) is 0 Å². The summed E-state index contributed by atoms with van der Waals surface area (Å²) in [6, 6.07) is 0. The van der Waals surface area contributed by atoms with E-state index in [1.807, 2.05) is 12.3 Å². The lowest BCUT2D eigenvalue weighted by atomic mass is 10.2. The number of halogens is 1. The van der Waals surface area contributed by atoms with E-state index in [2.05, 4.69) is 10.3 Å². The SMILES string of the molecule is COCCCN(CC(=O)Nc1nc(C)cs1)C(=O)CCCCl. The Balaban J connectivity index is 2.53. The minimum atomic E-state index is -0.244. The van der Waals surface area contributed by atoms with E-state index < -0.39 is 0 Å². The number of alkyl halides is 1. The molecule has 0 aliphatic heterocycles. The number of anilines is 1. The Morgan fingerprint density at radius 3 is 2.82 bits per heavy atom. The number of amides is 2. The lowest BCUT2D eigenvalue weighted by Gasteiger charge is -2.21. The fourth-order valence-corrected chi connectivity index (χ4v) is 2.65. The van der Waals surface area contributed by atoms with Gasteiger partial charge in [0.1, 0.15) is 0 Å². The van der Waals surface area contributed by atoms with E-state index in [0.29, 0.717) is 43.4 Å². The van der Waals surface area contributed by atoms with Gasteiger partial charge in [0.25, 0.3) is 0 Å². The summed E-state index contributed by atoms with van der Waals surface area (Å²) in [5.41, 5.74) is 0.857. The van der Waals surface area contributed by atoms with Crippen LogP contribution in [0.3, 0.4) is 0 Å². The highest BCUT2D eigenvalue weighted by Gasteiger charge is 2.17. The van der Waals surface area contributed by atoms with Gasteiger partial charge in [-0.3, -0.25) is 9.59 Å². The lowest BCUT2D eigenvalue weighted by molar-refractivity contribution is -0.134.